The molecule has 0 unspecified atom stereocenters. The number of rotatable bonds is 7. The van der Waals surface area contributed by atoms with E-state index in [-0.39, 0.29) is 6.61 Å². The molecule has 0 aromatic heterocycles. The van der Waals surface area contributed by atoms with Crippen LogP contribution in [0.2, 0.25) is 0 Å². The highest BCUT2D eigenvalue weighted by atomic mass is 16.5. The second-order valence-electron chi connectivity index (χ2n) is 5.10. The Morgan fingerprint density at radius 2 is 2.06 bits per heavy atom. The molecule has 0 saturated heterocycles. The summed E-state index contributed by atoms with van der Waals surface area (Å²) in [6.45, 7) is 9.22. The first kappa shape index (κ1) is 15.0. The van der Waals surface area contributed by atoms with Crippen LogP contribution in [0, 0.1) is 12.8 Å². The summed E-state index contributed by atoms with van der Waals surface area (Å²) in [5.74, 6) is 0.611. The van der Waals surface area contributed by atoms with Gasteiger partial charge in [-0.1, -0.05) is 19.9 Å². The van der Waals surface area contributed by atoms with Crippen molar-refractivity contribution >= 4 is 5.69 Å². The summed E-state index contributed by atoms with van der Waals surface area (Å²) in [7, 11) is 1.73. The molecule has 0 aliphatic heterocycles. The van der Waals surface area contributed by atoms with E-state index in [1.807, 2.05) is 13.0 Å². The molecule has 0 amide bonds. The number of aliphatic hydroxyl groups is 1. The Morgan fingerprint density at radius 1 is 1.33 bits per heavy atom. The van der Waals surface area contributed by atoms with Crippen molar-refractivity contribution < 1.29 is 9.84 Å². The molecule has 0 bridgehead atoms. The van der Waals surface area contributed by atoms with Crippen LogP contribution >= 0.6 is 0 Å². The summed E-state index contributed by atoms with van der Waals surface area (Å²) in [5, 5.41) is 9.20. The molecule has 0 saturated carbocycles. The van der Waals surface area contributed by atoms with E-state index in [2.05, 4.69) is 30.9 Å². The van der Waals surface area contributed by atoms with Gasteiger partial charge in [0.15, 0.2) is 0 Å². The Balaban J connectivity index is 2.86. The normalized spacial score (nSPS) is 11.0. The highest BCUT2D eigenvalue weighted by molar-refractivity contribution is 5.50. The van der Waals surface area contributed by atoms with Crippen LogP contribution in [-0.2, 0) is 11.3 Å². The molecular weight excluding hydrogens is 226 g/mol. The van der Waals surface area contributed by atoms with E-state index in [9.17, 15) is 5.11 Å². The van der Waals surface area contributed by atoms with Crippen molar-refractivity contribution in [3.63, 3.8) is 0 Å². The van der Waals surface area contributed by atoms with Gasteiger partial charge in [-0.3, -0.25) is 0 Å². The van der Waals surface area contributed by atoms with Crippen LogP contribution in [0.4, 0.5) is 5.69 Å². The van der Waals surface area contributed by atoms with Crippen molar-refractivity contribution in [3.8, 4) is 0 Å². The van der Waals surface area contributed by atoms with Crippen LogP contribution < -0.4 is 4.90 Å². The zero-order valence-corrected chi connectivity index (χ0v) is 11.9. The molecule has 0 aliphatic rings. The van der Waals surface area contributed by atoms with Crippen molar-refractivity contribution in [2.24, 2.45) is 5.92 Å². The number of benzene rings is 1. The van der Waals surface area contributed by atoms with E-state index in [1.54, 1.807) is 7.11 Å². The highest BCUT2D eigenvalue weighted by Crippen LogP contribution is 2.20. The molecule has 1 aromatic carbocycles. The number of aliphatic hydroxyl groups excluding tert-OH is 1. The molecule has 18 heavy (non-hydrogen) atoms. The molecule has 0 aliphatic carbocycles. The van der Waals surface area contributed by atoms with Gasteiger partial charge in [-0.05, 0) is 36.1 Å². The summed E-state index contributed by atoms with van der Waals surface area (Å²) in [6.07, 6.45) is 0. The SMILES string of the molecule is COCCN(CC(C)C)c1ccc(CO)c(C)c1. The van der Waals surface area contributed by atoms with E-state index in [0.717, 1.165) is 30.8 Å². The number of anilines is 1. The monoisotopic (exact) mass is 251 g/mol. The van der Waals surface area contributed by atoms with Gasteiger partial charge in [-0.2, -0.15) is 0 Å². The lowest BCUT2D eigenvalue weighted by Crippen LogP contribution is -2.31. The summed E-state index contributed by atoms with van der Waals surface area (Å²) >= 11 is 0. The third-order valence-electron chi connectivity index (χ3n) is 3.01. The fourth-order valence-electron chi connectivity index (χ4n) is 2.02. The van der Waals surface area contributed by atoms with Gasteiger partial charge in [0.05, 0.1) is 13.2 Å². The Bertz CT molecular complexity index is 364. The van der Waals surface area contributed by atoms with Gasteiger partial charge in [-0.25, -0.2) is 0 Å². The minimum Gasteiger partial charge on any atom is -0.392 e. The lowest BCUT2D eigenvalue weighted by molar-refractivity contribution is 0.204. The van der Waals surface area contributed by atoms with Gasteiger partial charge in [0.25, 0.3) is 0 Å². The number of nitrogens with zero attached hydrogens (tertiary/aromatic N) is 1. The molecule has 0 radical (unpaired) electrons. The molecule has 3 heteroatoms. The van der Waals surface area contributed by atoms with Gasteiger partial charge in [0, 0.05) is 25.9 Å². The standard InChI is InChI=1S/C15H25NO2/c1-12(2)10-16(7-8-18-4)15-6-5-14(11-17)13(3)9-15/h5-6,9,12,17H,7-8,10-11H2,1-4H3. The van der Waals surface area contributed by atoms with Gasteiger partial charge in [0.1, 0.15) is 0 Å². The van der Waals surface area contributed by atoms with Crippen molar-refractivity contribution in [1.82, 2.24) is 0 Å². The zero-order valence-electron chi connectivity index (χ0n) is 11.9. The molecular formula is C15H25NO2. The average Bonchev–Trinajstić information content (AvgIpc) is 2.34. The Labute approximate surface area is 110 Å². The Morgan fingerprint density at radius 3 is 2.56 bits per heavy atom. The van der Waals surface area contributed by atoms with Gasteiger partial charge < -0.3 is 14.7 Å². The van der Waals surface area contributed by atoms with Crippen molar-refractivity contribution in [3.05, 3.63) is 29.3 Å². The number of ether oxygens (including phenoxy) is 1. The van der Waals surface area contributed by atoms with E-state index in [4.69, 9.17) is 4.74 Å². The van der Waals surface area contributed by atoms with Crippen molar-refractivity contribution in [2.45, 2.75) is 27.4 Å². The Hall–Kier alpha value is -1.06. The molecule has 0 heterocycles. The van der Waals surface area contributed by atoms with Gasteiger partial charge >= 0.3 is 0 Å². The van der Waals surface area contributed by atoms with Gasteiger partial charge in [0.2, 0.25) is 0 Å². The summed E-state index contributed by atoms with van der Waals surface area (Å²) in [4.78, 5) is 2.34. The van der Waals surface area contributed by atoms with Crippen LogP contribution in [-0.4, -0.2) is 31.9 Å². The van der Waals surface area contributed by atoms with E-state index >= 15 is 0 Å². The third kappa shape index (κ3) is 4.31. The van der Waals surface area contributed by atoms with E-state index in [0.29, 0.717) is 5.92 Å². The lowest BCUT2D eigenvalue weighted by atomic mass is 10.1. The number of aryl methyl sites for hydroxylation is 1. The molecule has 1 rings (SSSR count). The smallest absolute Gasteiger partial charge is 0.0684 e. The second-order valence-corrected chi connectivity index (χ2v) is 5.10. The number of hydrogen-bond acceptors (Lipinski definition) is 3. The van der Waals surface area contributed by atoms with Crippen LogP contribution in [0.5, 0.6) is 0 Å². The quantitative estimate of drug-likeness (QED) is 0.808. The minimum atomic E-state index is 0.106. The predicted octanol–water partition coefficient (Wildman–Crippen LogP) is 2.60. The fourth-order valence-corrected chi connectivity index (χ4v) is 2.02. The first-order valence-corrected chi connectivity index (χ1v) is 6.52. The fraction of sp³-hybridized carbons (Fsp3) is 0.600. The molecule has 102 valence electrons. The minimum absolute atomic E-state index is 0.106. The van der Waals surface area contributed by atoms with Crippen LogP contribution in [0.3, 0.4) is 0 Å². The maximum Gasteiger partial charge on any atom is 0.0684 e. The second kappa shape index (κ2) is 7.39. The topological polar surface area (TPSA) is 32.7 Å². The van der Waals surface area contributed by atoms with Crippen LogP contribution in [0.25, 0.3) is 0 Å². The number of hydrogen-bond donors (Lipinski definition) is 1. The first-order valence-electron chi connectivity index (χ1n) is 6.52. The van der Waals surface area contributed by atoms with Crippen molar-refractivity contribution in [2.75, 3.05) is 31.7 Å². The van der Waals surface area contributed by atoms with E-state index < -0.39 is 0 Å². The third-order valence-corrected chi connectivity index (χ3v) is 3.01. The molecule has 3 nitrogen and oxygen atoms in total. The molecule has 0 fully saturated rings. The maximum absolute atomic E-state index is 9.20. The van der Waals surface area contributed by atoms with E-state index in [1.165, 1.54) is 5.69 Å². The van der Waals surface area contributed by atoms with Gasteiger partial charge in [-0.15, -0.1) is 0 Å². The largest absolute Gasteiger partial charge is 0.392 e. The first-order chi connectivity index (χ1) is 8.58. The van der Waals surface area contributed by atoms with Crippen molar-refractivity contribution in [1.29, 1.82) is 0 Å². The molecule has 0 atom stereocenters. The van der Waals surface area contributed by atoms with Crippen LogP contribution in [0.15, 0.2) is 18.2 Å². The summed E-state index contributed by atoms with van der Waals surface area (Å²) < 4.78 is 5.17. The lowest BCUT2D eigenvalue weighted by Gasteiger charge is -2.27. The average molecular weight is 251 g/mol. The highest BCUT2D eigenvalue weighted by Gasteiger charge is 2.09. The number of methoxy groups -OCH3 is 1. The maximum atomic E-state index is 9.20. The molecule has 1 aromatic rings. The van der Waals surface area contributed by atoms with Crippen LogP contribution in [0.1, 0.15) is 25.0 Å². The predicted molar refractivity (Wildman–Crippen MR) is 76.0 cm³/mol. The molecule has 1 N–H and O–H groups in total. The summed E-state index contributed by atoms with van der Waals surface area (Å²) in [5.41, 5.74) is 3.34. The Kier molecular flexibility index (Phi) is 6.16. The zero-order chi connectivity index (χ0) is 13.5. The molecule has 0 spiro atoms. The summed E-state index contributed by atoms with van der Waals surface area (Å²) in [6, 6.07) is 6.23.